The minimum atomic E-state index is -5.16. The van der Waals surface area contributed by atoms with Crippen LogP contribution in [-0.4, -0.2) is 26.1 Å². The summed E-state index contributed by atoms with van der Waals surface area (Å²) in [6, 6.07) is 0. The van der Waals surface area contributed by atoms with Crippen LogP contribution in [0.2, 0.25) is 0 Å². The normalized spacial score (nSPS) is 11.3. The van der Waals surface area contributed by atoms with Crippen molar-refractivity contribution in [1.29, 1.82) is 0 Å². The second-order valence-electron chi connectivity index (χ2n) is 3.48. The molecule has 2 rings (SSSR count). The minimum Gasteiger partial charge on any atom is -0.445 e. The van der Waals surface area contributed by atoms with E-state index in [0.717, 1.165) is 4.40 Å². The fourth-order valence-corrected chi connectivity index (χ4v) is 1.28. The van der Waals surface area contributed by atoms with E-state index in [-0.39, 0.29) is 57.0 Å². The molecule has 10 heteroatoms. The molecule has 0 aliphatic rings. The molecule has 0 fully saturated rings. The zero-order chi connectivity index (χ0) is 12.6. The molecule has 18 heavy (non-hydrogen) atoms. The van der Waals surface area contributed by atoms with Gasteiger partial charge in [-0.2, -0.15) is 0 Å². The first kappa shape index (κ1) is 15.6. The van der Waals surface area contributed by atoms with Crippen molar-refractivity contribution in [3.8, 4) is 0 Å². The van der Waals surface area contributed by atoms with E-state index in [0.29, 0.717) is 4.68 Å². The van der Waals surface area contributed by atoms with Gasteiger partial charge in [0.1, 0.15) is 0 Å². The van der Waals surface area contributed by atoms with Crippen LogP contribution in [0, 0.1) is 0 Å². The van der Waals surface area contributed by atoms with Gasteiger partial charge in [-0.25, -0.2) is 13.9 Å². The molecule has 90 valence electrons. The van der Waals surface area contributed by atoms with Crippen molar-refractivity contribution in [2.45, 2.75) is 6.54 Å². The number of allylic oxidation sites excluding steroid dienone is 1. The summed E-state index contributed by atoms with van der Waals surface area (Å²) < 4.78 is 38.8. The molecule has 0 saturated heterocycles. The van der Waals surface area contributed by atoms with Gasteiger partial charge in [0.2, 0.25) is 0 Å². The smallest absolute Gasteiger partial charge is 0.445 e. The quantitative estimate of drug-likeness (QED) is 0.603. The maximum atomic E-state index is 12.3. The van der Waals surface area contributed by atoms with Gasteiger partial charge in [-0.15, -0.1) is 17.2 Å². The summed E-state index contributed by atoms with van der Waals surface area (Å²) >= 11 is 0. The molecule has 2 aromatic heterocycles. The van der Waals surface area contributed by atoms with Crippen LogP contribution in [0.4, 0.5) is 12.9 Å². The molecule has 0 amide bonds. The molecule has 0 radical (unpaired) electrons. The van der Waals surface area contributed by atoms with Crippen molar-refractivity contribution in [3.63, 3.8) is 0 Å². The van der Waals surface area contributed by atoms with Crippen molar-refractivity contribution < 1.29 is 64.3 Å². The molecule has 0 atom stereocenters. The first-order chi connectivity index (χ1) is 7.89. The Balaban J connectivity index is 0.00000162. The Morgan fingerprint density at radius 2 is 2.11 bits per heavy atom. The van der Waals surface area contributed by atoms with E-state index >= 15 is 0 Å². The van der Waals surface area contributed by atoms with E-state index in [2.05, 4.69) is 16.7 Å². The molecular formula is C8H7BF3KN4O. The summed E-state index contributed by atoms with van der Waals surface area (Å²) in [5, 5.41) is 3.72. The Morgan fingerprint density at radius 1 is 1.44 bits per heavy atom. The average Bonchev–Trinajstić information content (AvgIpc) is 2.55. The standard InChI is InChI=1S/C8H7BF3N4O.K/c1-6(9(10,11)12)5-16-8(17)15-3-2-13-4-7(15)14-16;/h2-4H,1,5H2;/q-1;+1. The topological polar surface area (TPSA) is 52.2 Å². The van der Waals surface area contributed by atoms with Crippen LogP contribution in [0.1, 0.15) is 0 Å². The number of hydrogen-bond acceptors (Lipinski definition) is 3. The van der Waals surface area contributed by atoms with Crippen molar-refractivity contribution in [1.82, 2.24) is 19.2 Å². The number of fused-ring (bicyclic) bond motifs is 1. The van der Waals surface area contributed by atoms with Crippen LogP contribution in [0.25, 0.3) is 5.65 Å². The van der Waals surface area contributed by atoms with Gasteiger partial charge < -0.3 is 12.9 Å². The molecule has 0 bridgehead atoms. The van der Waals surface area contributed by atoms with Crippen molar-refractivity contribution >= 4 is 12.6 Å². The van der Waals surface area contributed by atoms with E-state index in [9.17, 15) is 17.7 Å². The molecule has 0 aliphatic carbocycles. The molecule has 0 aliphatic heterocycles. The average molecular weight is 282 g/mol. The van der Waals surface area contributed by atoms with Crippen molar-refractivity contribution in [2.24, 2.45) is 0 Å². The first-order valence-electron chi connectivity index (χ1n) is 4.66. The molecule has 0 N–H and O–H groups in total. The molecule has 0 spiro atoms. The third-order valence-electron chi connectivity index (χ3n) is 2.20. The Labute approximate surface area is 142 Å². The van der Waals surface area contributed by atoms with Gasteiger partial charge in [0.25, 0.3) is 0 Å². The SMILES string of the molecule is C=C(Cn1nc2cnccn2c1=O)[B-](F)(F)F.[K+]. The van der Waals surface area contributed by atoms with Gasteiger partial charge in [0.15, 0.2) is 5.65 Å². The third-order valence-corrected chi connectivity index (χ3v) is 2.20. The monoisotopic (exact) mass is 282 g/mol. The summed E-state index contributed by atoms with van der Waals surface area (Å²) in [6.45, 7) is -2.92. The predicted molar refractivity (Wildman–Crippen MR) is 55.5 cm³/mol. The molecule has 5 nitrogen and oxygen atoms in total. The maximum Gasteiger partial charge on any atom is 1.00 e. The molecule has 2 aromatic rings. The van der Waals surface area contributed by atoms with Crippen molar-refractivity contribution in [2.75, 3.05) is 0 Å². The number of halogens is 3. The molecule has 0 unspecified atom stereocenters. The molecular weight excluding hydrogens is 275 g/mol. The summed E-state index contributed by atoms with van der Waals surface area (Å²) in [5.74, 6) is 0. The van der Waals surface area contributed by atoms with Crippen LogP contribution in [0.3, 0.4) is 0 Å². The second kappa shape index (κ2) is 5.70. The van der Waals surface area contributed by atoms with E-state index < -0.39 is 24.7 Å². The van der Waals surface area contributed by atoms with Gasteiger partial charge in [0.05, 0.1) is 6.20 Å². The Bertz CT molecular complexity index is 635. The van der Waals surface area contributed by atoms with Crippen LogP contribution >= 0.6 is 0 Å². The van der Waals surface area contributed by atoms with E-state index in [1.54, 1.807) is 0 Å². The van der Waals surface area contributed by atoms with Crippen LogP contribution in [0.15, 0.2) is 35.4 Å². The number of aromatic nitrogens is 4. The zero-order valence-electron chi connectivity index (χ0n) is 9.55. The van der Waals surface area contributed by atoms with Gasteiger partial charge in [0, 0.05) is 18.9 Å². The van der Waals surface area contributed by atoms with Gasteiger partial charge in [-0.1, -0.05) is 0 Å². The second-order valence-corrected chi connectivity index (χ2v) is 3.48. The van der Waals surface area contributed by atoms with E-state index in [4.69, 9.17) is 0 Å². The van der Waals surface area contributed by atoms with Crippen LogP contribution in [0.5, 0.6) is 0 Å². The zero-order valence-corrected chi connectivity index (χ0v) is 12.7. The van der Waals surface area contributed by atoms with Gasteiger partial charge in [-0.3, -0.25) is 4.98 Å². The number of rotatable bonds is 3. The summed E-state index contributed by atoms with van der Waals surface area (Å²) in [4.78, 5) is 15.3. The Kier molecular flexibility index (Phi) is 4.95. The number of nitrogens with zero attached hydrogens (tertiary/aromatic N) is 4. The fourth-order valence-electron chi connectivity index (χ4n) is 1.28. The van der Waals surface area contributed by atoms with Gasteiger partial charge in [-0.05, 0) is 0 Å². The maximum absolute atomic E-state index is 12.3. The van der Waals surface area contributed by atoms with Crippen molar-refractivity contribution in [3.05, 3.63) is 41.1 Å². The summed E-state index contributed by atoms with van der Waals surface area (Å²) in [6.07, 6.45) is 3.98. The largest absolute Gasteiger partial charge is 1.00 e. The third kappa shape index (κ3) is 3.12. The summed E-state index contributed by atoms with van der Waals surface area (Å²) in [5.41, 5.74) is -1.42. The summed E-state index contributed by atoms with van der Waals surface area (Å²) in [7, 11) is 0. The first-order valence-corrected chi connectivity index (χ1v) is 4.66. The molecule has 0 saturated carbocycles. The predicted octanol–water partition coefficient (Wildman–Crippen LogP) is -2.16. The Hall–Kier alpha value is -0.419. The van der Waals surface area contributed by atoms with E-state index in [1.807, 2.05) is 0 Å². The Morgan fingerprint density at radius 3 is 2.67 bits per heavy atom. The van der Waals surface area contributed by atoms with Crippen LogP contribution < -0.4 is 57.1 Å². The number of hydrogen-bond donors (Lipinski definition) is 0. The van der Waals surface area contributed by atoms with Gasteiger partial charge >= 0.3 is 64.1 Å². The van der Waals surface area contributed by atoms with Crippen LogP contribution in [-0.2, 0) is 6.54 Å². The molecule has 0 aromatic carbocycles. The minimum absolute atomic E-state index is 0. The van der Waals surface area contributed by atoms with E-state index in [1.165, 1.54) is 18.6 Å². The fraction of sp³-hybridized carbons (Fsp3) is 0.125. The molecule has 2 heterocycles.